The van der Waals surface area contributed by atoms with Crippen LogP contribution in [-0.4, -0.2) is 51.0 Å². The summed E-state index contributed by atoms with van der Waals surface area (Å²) in [5.74, 6) is -0.803. The van der Waals surface area contributed by atoms with Crippen molar-refractivity contribution in [2.45, 2.75) is 26.4 Å². The second-order valence-electron chi connectivity index (χ2n) is 7.05. The summed E-state index contributed by atoms with van der Waals surface area (Å²) < 4.78 is 26.8. The standard InChI is InChI=1S/C21H26BrN3O4S/c1-15-6-5-7-19(12-15)25(30(4,28)29)14-20(26)24(16(2)21(27)23-3)13-17-8-10-18(22)11-9-17/h5-12,16H,13-14H2,1-4H3,(H,23,27). The van der Waals surface area contributed by atoms with E-state index in [4.69, 9.17) is 0 Å². The zero-order chi connectivity index (χ0) is 22.5. The van der Waals surface area contributed by atoms with E-state index in [2.05, 4.69) is 21.2 Å². The van der Waals surface area contributed by atoms with Gasteiger partial charge in [-0.05, 0) is 49.2 Å². The fourth-order valence-corrected chi connectivity index (χ4v) is 4.08. The molecule has 0 aromatic heterocycles. The Labute approximate surface area is 186 Å². The van der Waals surface area contributed by atoms with Gasteiger partial charge < -0.3 is 10.2 Å². The first kappa shape index (κ1) is 23.9. The van der Waals surface area contributed by atoms with Crippen LogP contribution in [0.3, 0.4) is 0 Å². The second-order valence-corrected chi connectivity index (χ2v) is 9.87. The molecule has 2 aromatic rings. The van der Waals surface area contributed by atoms with E-state index >= 15 is 0 Å². The minimum Gasteiger partial charge on any atom is -0.357 e. The van der Waals surface area contributed by atoms with Gasteiger partial charge in [0.05, 0.1) is 11.9 Å². The van der Waals surface area contributed by atoms with Crippen molar-refractivity contribution >= 4 is 43.5 Å². The average molecular weight is 496 g/mol. The summed E-state index contributed by atoms with van der Waals surface area (Å²) in [6, 6.07) is 13.5. The highest BCUT2D eigenvalue weighted by Crippen LogP contribution is 2.20. The number of hydrogen-bond acceptors (Lipinski definition) is 4. The predicted octanol–water partition coefficient (Wildman–Crippen LogP) is 2.69. The van der Waals surface area contributed by atoms with Crippen LogP contribution in [0.5, 0.6) is 0 Å². The van der Waals surface area contributed by atoms with Crippen molar-refractivity contribution in [2.24, 2.45) is 0 Å². The SMILES string of the molecule is CNC(=O)C(C)N(Cc1ccc(Br)cc1)C(=O)CN(c1cccc(C)c1)S(C)(=O)=O. The maximum absolute atomic E-state index is 13.2. The number of amides is 2. The monoisotopic (exact) mass is 495 g/mol. The maximum atomic E-state index is 13.2. The zero-order valence-corrected chi connectivity index (χ0v) is 19.8. The first-order valence-corrected chi connectivity index (χ1v) is 12.0. The predicted molar refractivity (Wildman–Crippen MR) is 122 cm³/mol. The smallest absolute Gasteiger partial charge is 0.244 e. The molecular weight excluding hydrogens is 470 g/mol. The van der Waals surface area contributed by atoms with Crippen LogP contribution in [0.25, 0.3) is 0 Å². The Morgan fingerprint density at radius 2 is 1.77 bits per heavy atom. The van der Waals surface area contributed by atoms with Crippen molar-refractivity contribution in [3.05, 3.63) is 64.1 Å². The third-order valence-corrected chi connectivity index (χ3v) is 6.32. The molecular formula is C21H26BrN3O4S. The van der Waals surface area contributed by atoms with Gasteiger partial charge in [0, 0.05) is 18.1 Å². The average Bonchev–Trinajstić information content (AvgIpc) is 2.69. The number of nitrogens with zero attached hydrogens (tertiary/aromatic N) is 2. The molecule has 0 heterocycles. The number of hydrogen-bond donors (Lipinski definition) is 1. The summed E-state index contributed by atoms with van der Waals surface area (Å²) in [5.41, 5.74) is 2.10. The number of anilines is 1. The number of rotatable bonds is 8. The van der Waals surface area contributed by atoms with Gasteiger partial charge in [0.1, 0.15) is 12.6 Å². The van der Waals surface area contributed by atoms with E-state index in [9.17, 15) is 18.0 Å². The molecule has 0 aliphatic heterocycles. The van der Waals surface area contributed by atoms with Crippen LogP contribution in [0, 0.1) is 6.92 Å². The molecule has 0 aliphatic rings. The molecule has 0 saturated heterocycles. The summed E-state index contributed by atoms with van der Waals surface area (Å²) in [4.78, 5) is 26.9. The van der Waals surface area contributed by atoms with Gasteiger partial charge in [0.25, 0.3) is 0 Å². The molecule has 30 heavy (non-hydrogen) atoms. The molecule has 9 heteroatoms. The molecule has 2 rings (SSSR count). The topological polar surface area (TPSA) is 86.8 Å². The number of carbonyl (C=O) groups is 2. The lowest BCUT2D eigenvalue weighted by Gasteiger charge is -2.31. The van der Waals surface area contributed by atoms with Gasteiger partial charge in [-0.1, -0.05) is 40.2 Å². The van der Waals surface area contributed by atoms with Crippen LogP contribution in [0.4, 0.5) is 5.69 Å². The Balaban J connectivity index is 2.36. The Hall–Kier alpha value is -2.39. The van der Waals surface area contributed by atoms with Crippen molar-refractivity contribution in [2.75, 3.05) is 24.2 Å². The molecule has 162 valence electrons. The largest absolute Gasteiger partial charge is 0.357 e. The maximum Gasteiger partial charge on any atom is 0.244 e. The van der Waals surface area contributed by atoms with Crippen LogP contribution in [0.1, 0.15) is 18.1 Å². The van der Waals surface area contributed by atoms with E-state index in [1.165, 1.54) is 11.9 Å². The van der Waals surface area contributed by atoms with Gasteiger partial charge >= 0.3 is 0 Å². The van der Waals surface area contributed by atoms with Crippen molar-refractivity contribution in [3.63, 3.8) is 0 Å². The summed E-state index contributed by atoms with van der Waals surface area (Å²) >= 11 is 3.37. The van der Waals surface area contributed by atoms with E-state index in [1.807, 2.05) is 37.3 Å². The molecule has 0 aliphatic carbocycles. The van der Waals surface area contributed by atoms with Crippen molar-refractivity contribution in [3.8, 4) is 0 Å². The molecule has 0 radical (unpaired) electrons. The molecule has 1 unspecified atom stereocenters. The Bertz CT molecular complexity index is 1010. The number of nitrogens with one attached hydrogen (secondary N) is 1. The summed E-state index contributed by atoms with van der Waals surface area (Å²) in [5, 5.41) is 2.55. The highest BCUT2D eigenvalue weighted by atomic mass is 79.9. The van der Waals surface area contributed by atoms with Crippen LogP contribution in [0.15, 0.2) is 53.0 Å². The first-order chi connectivity index (χ1) is 14.0. The number of benzene rings is 2. The Kier molecular flexibility index (Phi) is 8.03. The van der Waals surface area contributed by atoms with Crippen LogP contribution in [0.2, 0.25) is 0 Å². The molecule has 2 amide bonds. The number of sulfonamides is 1. The van der Waals surface area contributed by atoms with E-state index < -0.39 is 28.5 Å². The zero-order valence-electron chi connectivity index (χ0n) is 17.4. The normalized spacial score (nSPS) is 12.2. The van der Waals surface area contributed by atoms with E-state index in [0.717, 1.165) is 26.2 Å². The molecule has 2 aromatic carbocycles. The third-order valence-electron chi connectivity index (χ3n) is 4.65. The molecule has 0 bridgehead atoms. The quantitative estimate of drug-likeness (QED) is 0.609. The highest BCUT2D eigenvalue weighted by molar-refractivity contribution is 9.10. The summed E-state index contributed by atoms with van der Waals surface area (Å²) in [6.07, 6.45) is 1.06. The Morgan fingerprint density at radius 3 is 2.30 bits per heavy atom. The van der Waals surface area contributed by atoms with Crippen molar-refractivity contribution < 1.29 is 18.0 Å². The van der Waals surface area contributed by atoms with Crippen LogP contribution >= 0.6 is 15.9 Å². The van der Waals surface area contributed by atoms with E-state index in [-0.39, 0.29) is 12.5 Å². The molecule has 0 fully saturated rings. The number of carbonyl (C=O) groups excluding carboxylic acids is 2. The van der Waals surface area contributed by atoms with Crippen LogP contribution < -0.4 is 9.62 Å². The molecule has 0 spiro atoms. The lowest BCUT2D eigenvalue weighted by Crippen LogP contribution is -2.50. The van der Waals surface area contributed by atoms with Crippen molar-refractivity contribution in [1.29, 1.82) is 0 Å². The van der Waals surface area contributed by atoms with Gasteiger partial charge in [-0.15, -0.1) is 0 Å². The number of likely N-dealkylation sites (N-methyl/N-ethyl adjacent to an activating group) is 1. The van der Waals surface area contributed by atoms with Gasteiger partial charge in [-0.2, -0.15) is 0 Å². The number of halogens is 1. The van der Waals surface area contributed by atoms with E-state index in [0.29, 0.717) is 5.69 Å². The Morgan fingerprint density at radius 1 is 1.13 bits per heavy atom. The second kappa shape index (κ2) is 10.1. The first-order valence-electron chi connectivity index (χ1n) is 9.33. The summed E-state index contributed by atoms with van der Waals surface area (Å²) in [7, 11) is -2.22. The van der Waals surface area contributed by atoms with E-state index in [1.54, 1.807) is 25.1 Å². The number of aryl methyl sites for hydroxylation is 1. The van der Waals surface area contributed by atoms with Gasteiger partial charge in [-0.3, -0.25) is 13.9 Å². The molecule has 1 atom stereocenters. The minimum absolute atomic E-state index is 0.173. The molecule has 1 N–H and O–H groups in total. The van der Waals surface area contributed by atoms with Gasteiger partial charge in [0.2, 0.25) is 21.8 Å². The molecule has 0 saturated carbocycles. The highest BCUT2D eigenvalue weighted by Gasteiger charge is 2.29. The third kappa shape index (κ3) is 6.30. The lowest BCUT2D eigenvalue weighted by molar-refractivity contribution is -0.139. The van der Waals surface area contributed by atoms with Crippen LogP contribution in [-0.2, 0) is 26.2 Å². The molecule has 7 nitrogen and oxygen atoms in total. The lowest BCUT2D eigenvalue weighted by atomic mass is 10.1. The summed E-state index contributed by atoms with van der Waals surface area (Å²) in [6.45, 7) is 3.23. The van der Waals surface area contributed by atoms with Gasteiger partial charge in [-0.25, -0.2) is 8.42 Å². The van der Waals surface area contributed by atoms with Gasteiger partial charge in [0.15, 0.2) is 0 Å². The van der Waals surface area contributed by atoms with Crippen molar-refractivity contribution in [1.82, 2.24) is 10.2 Å². The fraction of sp³-hybridized carbons (Fsp3) is 0.333. The fourth-order valence-electron chi connectivity index (χ4n) is 2.97. The minimum atomic E-state index is -3.71.